The van der Waals surface area contributed by atoms with Crippen molar-refractivity contribution in [2.24, 2.45) is 0 Å². The van der Waals surface area contributed by atoms with Crippen LogP contribution in [0.3, 0.4) is 0 Å². The molecule has 3 rings (SSSR count). The Morgan fingerprint density at radius 1 is 1.03 bits per heavy atom. The highest BCUT2D eigenvalue weighted by Gasteiger charge is 2.21. The van der Waals surface area contributed by atoms with Gasteiger partial charge in [0.15, 0.2) is 0 Å². The molecule has 1 unspecified atom stereocenters. The molecule has 7 nitrogen and oxygen atoms in total. The number of carbonyl (C=O) groups is 2. The molecule has 0 fully saturated rings. The van der Waals surface area contributed by atoms with Crippen LogP contribution in [-0.4, -0.2) is 29.7 Å². The Kier molecular flexibility index (Phi) is 8.49. The summed E-state index contributed by atoms with van der Waals surface area (Å²) in [5, 5.41) is 3.43. The minimum absolute atomic E-state index is 0.0461. The Morgan fingerprint density at radius 2 is 1.74 bits per heavy atom. The molecule has 0 saturated heterocycles. The number of hydrogen-bond donors (Lipinski definition) is 1. The zero-order valence-electron chi connectivity index (χ0n) is 19.3. The van der Waals surface area contributed by atoms with Crippen molar-refractivity contribution in [3.8, 4) is 5.75 Å². The molecule has 0 spiro atoms. The fourth-order valence-corrected chi connectivity index (χ4v) is 3.60. The molecule has 0 aliphatic rings. The summed E-state index contributed by atoms with van der Waals surface area (Å²) in [4.78, 5) is 37.8. The summed E-state index contributed by atoms with van der Waals surface area (Å²) in [6, 6.07) is 16.4. The number of benzene rings is 2. The van der Waals surface area contributed by atoms with Gasteiger partial charge in [0.2, 0.25) is 0 Å². The van der Waals surface area contributed by atoms with Crippen LogP contribution in [0.5, 0.6) is 5.75 Å². The topological polar surface area (TPSA) is 86.6 Å². The molecule has 0 aliphatic carbocycles. The minimum atomic E-state index is -0.631. The molecule has 2 aromatic carbocycles. The second-order valence-electron chi connectivity index (χ2n) is 8.02. The Bertz CT molecular complexity index is 1200. The predicted octanol–water partition coefficient (Wildman–Crippen LogP) is 4.37. The Balaban J connectivity index is 1.84. The van der Waals surface area contributed by atoms with E-state index in [0.717, 1.165) is 11.1 Å². The summed E-state index contributed by atoms with van der Waals surface area (Å²) in [7, 11) is 1.56. The highest BCUT2D eigenvalue weighted by atomic mass is 35.5. The summed E-state index contributed by atoms with van der Waals surface area (Å²) in [5.41, 5.74) is 1.50. The molecule has 178 valence electrons. The Labute approximate surface area is 203 Å². The molecule has 8 heteroatoms. The van der Waals surface area contributed by atoms with Crippen LogP contribution >= 0.6 is 11.6 Å². The summed E-state index contributed by atoms with van der Waals surface area (Å²) in [6.45, 7) is 3.75. The second kappa shape index (κ2) is 11.5. The van der Waals surface area contributed by atoms with Crippen molar-refractivity contribution >= 4 is 23.5 Å². The molecular weight excluding hydrogens is 456 g/mol. The summed E-state index contributed by atoms with van der Waals surface area (Å²) < 4.78 is 11.9. The first-order valence-electron chi connectivity index (χ1n) is 10.8. The van der Waals surface area contributed by atoms with Gasteiger partial charge in [-0.1, -0.05) is 41.9 Å². The third-order valence-corrected chi connectivity index (χ3v) is 5.47. The molecule has 1 aromatic heterocycles. The third kappa shape index (κ3) is 6.71. The zero-order valence-corrected chi connectivity index (χ0v) is 20.0. The molecule has 34 heavy (non-hydrogen) atoms. The van der Waals surface area contributed by atoms with Gasteiger partial charge in [-0.25, -0.2) is 0 Å². The number of halogens is 1. The van der Waals surface area contributed by atoms with Gasteiger partial charge in [0.1, 0.15) is 5.75 Å². The first-order chi connectivity index (χ1) is 16.3. The maximum atomic E-state index is 13.1. The number of rotatable bonds is 9. The fraction of sp³-hybridized carbons (Fsp3) is 0.269. The number of hydrogen-bond acceptors (Lipinski definition) is 5. The largest absolute Gasteiger partial charge is 0.497 e. The number of amides is 1. The van der Waals surface area contributed by atoms with E-state index in [-0.39, 0.29) is 30.2 Å². The van der Waals surface area contributed by atoms with Gasteiger partial charge in [-0.15, -0.1) is 0 Å². The van der Waals surface area contributed by atoms with Gasteiger partial charge < -0.3 is 19.4 Å². The maximum Gasteiger partial charge on any atom is 0.308 e. The number of pyridine rings is 1. The molecule has 1 amide bonds. The number of carbonyl (C=O) groups excluding carboxylic acids is 2. The standard InChI is InChI=1S/C26H27ClN2O5/c1-17(2)34-25(31)14-23(18-8-11-21(33-3)12-9-18)28-26(32)20-10-13-24(30)29(16-20)15-19-6-4-5-7-22(19)27/h4-13,16-17,23H,14-15H2,1-3H3,(H,28,32). The van der Waals surface area contributed by atoms with E-state index in [9.17, 15) is 14.4 Å². The molecule has 0 bridgehead atoms. The highest BCUT2D eigenvalue weighted by Crippen LogP contribution is 2.22. The van der Waals surface area contributed by atoms with Crippen molar-refractivity contribution in [3.05, 3.63) is 98.9 Å². The van der Waals surface area contributed by atoms with Crippen LogP contribution in [0.1, 0.15) is 47.8 Å². The van der Waals surface area contributed by atoms with E-state index in [1.54, 1.807) is 51.3 Å². The van der Waals surface area contributed by atoms with E-state index in [0.29, 0.717) is 10.8 Å². The van der Waals surface area contributed by atoms with E-state index in [1.165, 1.54) is 22.9 Å². The van der Waals surface area contributed by atoms with Gasteiger partial charge in [-0.05, 0) is 49.2 Å². The number of nitrogens with one attached hydrogen (secondary N) is 1. The number of aromatic nitrogens is 1. The maximum absolute atomic E-state index is 13.1. The SMILES string of the molecule is COc1ccc(C(CC(=O)OC(C)C)NC(=O)c2ccc(=O)n(Cc3ccccc3Cl)c2)cc1. The van der Waals surface area contributed by atoms with Crippen LogP contribution in [0.25, 0.3) is 0 Å². The summed E-state index contributed by atoms with van der Waals surface area (Å²) in [6.07, 6.45) is 1.17. The van der Waals surface area contributed by atoms with Crippen molar-refractivity contribution in [2.75, 3.05) is 7.11 Å². The molecule has 1 N–H and O–H groups in total. The Hall–Kier alpha value is -3.58. The monoisotopic (exact) mass is 482 g/mol. The van der Waals surface area contributed by atoms with E-state index in [1.807, 2.05) is 18.2 Å². The normalized spacial score (nSPS) is 11.7. The Morgan fingerprint density at radius 3 is 2.38 bits per heavy atom. The third-order valence-electron chi connectivity index (χ3n) is 5.11. The fourth-order valence-electron chi connectivity index (χ4n) is 3.41. The van der Waals surface area contributed by atoms with Crippen molar-refractivity contribution in [1.29, 1.82) is 0 Å². The lowest BCUT2D eigenvalue weighted by Gasteiger charge is -2.20. The van der Waals surface area contributed by atoms with Crippen molar-refractivity contribution < 1.29 is 19.1 Å². The van der Waals surface area contributed by atoms with E-state index < -0.39 is 17.9 Å². The lowest BCUT2D eigenvalue weighted by atomic mass is 10.0. The van der Waals surface area contributed by atoms with Crippen molar-refractivity contribution in [2.45, 2.75) is 39.0 Å². The van der Waals surface area contributed by atoms with Crippen molar-refractivity contribution in [1.82, 2.24) is 9.88 Å². The van der Waals surface area contributed by atoms with E-state index in [2.05, 4.69) is 5.32 Å². The first kappa shape index (κ1) is 25.1. The molecular formula is C26H27ClN2O5. The number of nitrogens with zero attached hydrogens (tertiary/aromatic N) is 1. The molecule has 3 aromatic rings. The highest BCUT2D eigenvalue weighted by molar-refractivity contribution is 6.31. The van der Waals surface area contributed by atoms with Gasteiger partial charge in [0.25, 0.3) is 11.5 Å². The minimum Gasteiger partial charge on any atom is -0.497 e. The van der Waals surface area contributed by atoms with Gasteiger partial charge >= 0.3 is 5.97 Å². The van der Waals surface area contributed by atoms with Gasteiger partial charge in [-0.3, -0.25) is 14.4 Å². The quantitative estimate of drug-likeness (QED) is 0.457. The van der Waals surface area contributed by atoms with Crippen LogP contribution in [0.4, 0.5) is 0 Å². The van der Waals surface area contributed by atoms with E-state index in [4.69, 9.17) is 21.1 Å². The summed E-state index contributed by atoms with van der Waals surface area (Å²) in [5.74, 6) is -0.198. The zero-order chi connectivity index (χ0) is 24.7. The van der Waals surface area contributed by atoms with Crippen molar-refractivity contribution in [3.63, 3.8) is 0 Å². The second-order valence-corrected chi connectivity index (χ2v) is 8.42. The van der Waals surface area contributed by atoms with E-state index >= 15 is 0 Å². The molecule has 0 radical (unpaired) electrons. The first-order valence-corrected chi connectivity index (χ1v) is 11.2. The number of methoxy groups -OCH3 is 1. The van der Waals surface area contributed by atoms with Crippen LogP contribution in [0, 0.1) is 0 Å². The molecule has 0 aliphatic heterocycles. The van der Waals surface area contributed by atoms with Crippen LogP contribution in [-0.2, 0) is 16.1 Å². The van der Waals surface area contributed by atoms with Crippen LogP contribution in [0.2, 0.25) is 5.02 Å². The number of esters is 1. The summed E-state index contributed by atoms with van der Waals surface area (Å²) >= 11 is 6.22. The molecule has 1 heterocycles. The van der Waals surface area contributed by atoms with Crippen LogP contribution < -0.4 is 15.6 Å². The molecule has 1 atom stereocenters. The number of ether oxygens (including phenoxy) is 2. The lowest BCUT2D eigenvalue weighted by Crippen LogP contribution is -2.32. The average molecular weight is 483 g/mol. The van der Waals surface area contributed by atoms with Gasteiger partial charge in [-0.2, -0.15) is 0 Å². The average Bonchev–Trinajstić information content (AvgIpc) is 2.81. The van der Waals surface area contributed by atoms with Gasteiger partial charge in [0.05, 0.1) is 37.8 Å². The lowest BCUT2D eigenvalue weighted by molar-refractivity contribution is -0.147. The van der Waals surface area contributed by atoms with Gasteiger partial charge in [0, 0.05) is 17.3 Å². The van der Waals surface area contributed by atoms with Crippen LogP contribution in [0.15, 0.2) is 71.7 Å². The predicted molar refractivity (Wildman–Crippen MR) is 130 cm³/mol. The molecule has 0 saturated carbocycles. The smallest absolute Gasteiger partial charge is 0.308 e.